The Kier molecular flexibility index (Phi) is 4.81. The number of alkyl halides is 3. The number of benzene rings is 2. The number of anilines is 1. The van der Waals surface area contributed by atoms with E-state index in [-0.39, 0.29) is 30.0 Å². The number of imidazole rings is 2. The van der Waals surface area contributed by atoms with Gasteiger partial charge in [-0.2, -0.15) is 13.2 Å². The van der Waals surface area contributed by atoms with Crippen molar-refractivity contribution in [2.24, 2.45) is 7.05 Å². The van der Waals surface area contributed by atoms with E-state index in [1.54, 1.807) is 24.5 Å². The molecular formula is C25H19F4N7O. The number of aromatic nitrogens is 5. The summed E-state index contributed by atoms with van der Waals surface area (Å²) in [6, 6.07) is 11.1. The summed E-state index contributed by atoms with van der Waals surface area (Å²) in [4.78, 5) is 25.9. The number of nitrogens with two attached hydrogens (primary N) is 1. The second-order valence-electron chi connectivity index (χ2n) is 9.11. The van der Waals surface area contributed by atoms with Crippen LogP contribution in [0, 0.1) is 5.82 Å². The molecule has 1 amide bonds. The lowest BCUT2D eigenvalue weighted by Gasteiger charge is -2.19. The number of carbonyl (C=O) groups excluding carboxylic acids is 1. The highest BCUT2D eigenvalue weighted by atomic mass is 19.4. The summed E-state index contributed by atoms with van der Waals surface area (Å²) in [5, 5.41) is 2.09. The van der Waals surface area contributed by atoms with Gasteiger partial charge in [0.25, 0.3) is 5.91 Å². The zero-order chi connectivity index (χ0) is 26.1. The topological polar surface area (TPSA) is 103 Å². The number of fused-ring (bicyclic) bond motifs is 2. The zero-order valence-corrected chi connectivity index (χ0v) is 19.3. The molecule has 3 N–H and O–H groups in total. The zero-order valence-electron chi connectivity index (χ0n) is 19.3. The van der Waals surface area contributed by atoms with Crippen molar-refractivity contribution < 1.29 is 22.4 Å². The quantitative estimate of drug-likeness (QED) is 0.348. The lowest BCUT2D eigenvalue weighted by atomic mass is 10.0. The number of nitrogens with zero attached hydrogens (tertiary/aromatic N) is 5. The van der Waals surface area contributed by atoms with Crippen LogP contribution < -0.4 is 11.1 Å². The fraction of sp³-hybridized carbons (Fsp3) is 0.200. The van der Waals surface area contributed by atoms with Gasteiger partial charge >= 0.3 is 6.18 Å². The first-order chi connectivity index (χ1) is 17.6. The van der Waals surface area contributed by atoms with Crippen LogP contribution in [0.3, 0.4) is 0 Å². The average Bonchev–Trinajstić information content (AvgIpc) is 3.36. The van der Waals surface area contributed by atoms with Crippen LogP contribution in [0.25, 0.3) is 39.2 Å². The van der Waals surface area contributed by atoms with E-state index in [1.807, 2.05) is 23.7 Å². The van der Waals surface area contributed by atoms with Crippen molar-refractivity contribution in [1.29, 1.82) is 0 Å². The Balaban J connectivity index is 1.56. The number of amides is 1. The maximum Gasteiger partial charge on any atom is 0.411 e. The number of carbonyl (C=O) groups is 1. The van der Waals surface area contributed by atoms with E-state index in [9.17, 15) is 22.4 Å². The normalized spacial score (nSPS) is 14.8. The van der Waals surface area contributed by atoms with E-state index in [0.717, 1.165) is 11.0 Å². The first kappa shape index (κ1) is 23.0. The number of rotatable bonds is 4. The van der Waals surface area contributed by atoms with Gasteiger partial charge in [-0.25, -0.2) is 19.3 Å². The molecule has 1 aliphatic carbocycles. The van der Waals surface area contributed by atoms with Gasteiger partial charge < -0.3 is 15.6 Å². The van der Waals surface area contributed by atoms with E-state index < -0.39 is 23.4 Å². The third-order valence-corrected chi connectivity index (χ3v) is 6.63. The van der Waals surface area contributed by atoms with Crippen LogP contribution in [0.15, 0.2) is 55.0 Å². The van der Waals surface area contributed by atoms with E-state index in [0.29, 0.717) is 22.5 Å². The molecule has 0 saturated heterocycles. The summed E-state index contributed by atoms with van der Waals surface area (Å²) in [5.74, 6) is -1.44. The molecule has 0 aliphatic heterocycles. The lowest BCUT2D eigenvalue weighted by Crippen LogP contribution is -2.47. The van der Waals surface area contributed by atoms with Crippen LogP contribution in [0.2, 0.25) is 0 Å². The summed E-state index contributed by atoms with van der Waals surface area (Å²) < 4.78 is 57.3. The van der Waals surface area contributed by atoms with Gasteiger partial charge in [0.1, 0.15) is 17.1 Å². The molecule has 3 heterocycles. The molecule has 1 fully saturated rings. The largest absolute Gasteiger partial charge is 0.411 e. The van der Waals surface area contributed by atoms with Crippen LogP contribution in [0.1, 0.15) is 23.3 Å². The number of nitrogens with one attached hydrogen (secondary N) is 1. The molecule has 8 nitrogen and oxygen atoms in total. The number of hydrogen-bond acceptors (Lipinski definition) is 5. The molecule has 5 aromatic rings. The molecule has 37 heavy (non-hydrogen) atoms. The number of hydrogen-bond donors (Lipinski definition) is 2. The Morgan fingerprint density at radius 2 is 1.78 bits per heavy atom. The third kappa shape index (κ3) is 3.67. The Hall–Kier alpha value is -4.48. The number of halogens is 4. The van der Waals surface area contributed by atoms with E-state index in [4.69, 9.17) is 5.73 Å². The number of nitrogen functional groups attached to an aromatic ring is 1. The molecule has 2 aromatic carbocycles. The molecule has 0 bridgehead atoms. The minimum Gasteiger partial charge on any atom is -0.381 e. The fourth-order valence-electron chi connectivity index (χ4n) is 4.42. The molecule has 1 aliphatic rings. The Labute approximate surface area is 206 Å². The summed E-state index contributed by atoms with van der Waals surface area (Å²) in [6.07, 6.45) is -1.94. The summed E-state index contributed by atoms with van der Waals surface area (Å²) in [6.45, 7) is 0. The average molecular weight is 509 g/mol. The standard InChI is InChI=1S/C25H19F4N7O/c1-35-12-31-16-7-4-14(10-18(16)35)20-19(13-2-5-15(26)6-3-13)33-21(30)22-32-17(11-36(20)22)23(37)34-24(8-9-24)25(27,28)29/h2-7,10-12H,8-9H2,1H3,(H2,30,33)(H,34,37). The second kappa shape index (κ2) is 7.76. The molecule has 6 rings (SSSR count). The maximum atomic E-state index is 13.7. The van der Waals surface area contributed by atoms with Gasteiger partial charge in [0, 0.05) is 24.4 Å². The molecule has 1 saturated carbocycles. The van der Waals surface area contributed by atoms with Gasteiger partial charge in [-0.3, -0.25) is 9.20 Å². The number of aryl methyl sites for hydroxylation is 1. The highest BCUT2D eigenvalue weighted by Gasteiger charge is 2.64. The minimum atomic E-state index is -4.57. The first-order valence-corrected chi connectivity index (χ1v) is 11.3. The molecule has 0 atom stereocenters. The fourth-order valence-corrected chi connectivity index (χ4v) is 4.42. The Morgan fingerprint density at radius 1 is 1.08 bits per heavy atom. The SMILES string of the molecule is Cn1cnc2ccc(-c3c(-c4ccc(F)cc4)nc(N)c4nc(C(=O)NC5(C(F)(F)F)CC5)cn34)cc21. The molecule has 3 aromatic heterocycles. The van der Waals surface area contributed by atoms with Gasteiger partial charge in [-0.15, -0.1) is 0 Å². The Bertz CT molecular complexity index is 1700. The highest BCUT2D eigenvalue weighted by Crippen LogP contribution is 2.49. The van der Waals surface area contributed by atoms with Gasteiger partial charge in [-0.05, 0) is 49.2 Å². The molecule has 12 heteroatoms. The summed E-state index contributed by atoms with van der Waals surface area (Å²) in [7, 11) is 1.84. The van der Waals surface area contributed by atoms with Crippen LogP contribution in [-0.4, -0.2) is 41.5 Å². The maximum absolute atomic E-state index is 13.7. The minimum absolute atomic E-state index is 0.0410. The molecule has 188 valence electrons. The van der Waals surface area contributed by atoms with Crippen LogP contribution in [0.4, 0.5) is 23.4 Å². The van der Waals surface area contributed by atoms with Gasteiger partial charge in [0.15, 0.2) is 11.5 Å². The monoisotopic (exact) mass is 509 g/mol. The van der Waals surface area contributed by atoms with Crippen molar-refractivity contribution in [3.63, 3.8) is 0 Å². The van der Waals surface area contributed by atoms with Gasteiger partial charge in [-0.1, -0.05) is 6.07 Å². The summed E-state index contributed by atoms with van der Waals surface area (Å²) in [5.41, 5.74) is 7.45. The van der Waals surface area contributed by atoms with Crippen molar-refractivity contribution in [1.82, 2.24) is 29.2 Å². The second-order valence-corrected chi connectivity index (χ2v) is 9.11. The predicted molar refractivity (Wildman–Crippen MR) is 128 cm³/mol. The van der Waals surface area contributed by atoms with Crippen molar-refractivity contribution in [2.45, 2.75) is 24.6 Å². The predicted octanol–water partition coefficient (Wildman–Crippen LogP) is 4.50. The van der Waals surface area contributed by atoms with Crippen LogP contribution in [0.5, 0.6) is 0 Å². The molecule has 0 spiro atoms. The van der Waals surface area contributed by atoms with E-state index in [2.05, 4.69) is 20.3 Å². The third-order valence-electron chi connectivity index (χ3n) is 6.63. The molecule has 0 radical (unpaired) electrons. The van der Waals surface area contributed by atoms with E-state index in [1.165, 1.54) is 22.7 Å². The molecular weight excluding hydrogens is 490 g/mol. The molecule has 0 unspecified atom stereocenters. The Morgan fingerprint density at radius 3 is 2.46 bits per heavy atom. The van der Waals surface area contributed by atoms with Crippen molar-refractivity contribution in [2.75, 3.05) is 5.73 Å². The van der Waals surface area contributed by atoms with Crippen molar-refractivity contribution in [3.8, 4) is 22.5 Å². The highest BCUT2D eigenvalue weighted by molar-refractivity contribution is 5.95. The first-order valence-electron chi connectivity index (χ1n) is 11.3. The smallest absolute Gasteiger partial charge is 0.381 e. The van der Waals surface area contributed by atoms with Crippen LogP contribution >= 0.6 is 0 Å². The van der Waals surface area contributed by atoms with Gasteiger partial charge in [0.05, 0.1) is 28.7 Å². The summed E-state index contributed by atoms with van der Waals surface area (Å²) >= 11 is 0. The lowest BCUT2D eigenvalue weighted by molar-refractivity contribution is -0.163. The van der Waals surface area contributed by atoms with Gasteiger partial charge in [0.2, 0.25) is 0 Å². The van der Waals surface area contributed by atoms with Crippen LogP contribution in [-0.2, 0) is 7.05 Å². The van der Waals surface area contributed by atoms with Crippen molar-refractivity contribution in [3.05, 3.63) is 66.5 Å². The van der Waals surface area contributed by atoms with E-state index >= 15 is 0 Å². The van der Waals surface area contributed by atoms with Crippen molar-refractivity contribution >= 4 is 28.4 Å².